The number of halogens is 3. The molecule has 0 heterocycles. The molecule has 0 saturated heterocycles. The van der Waals surface area contributed by atoms with Crippen LogP contribution in [0.3, 0.4) is 0 Å². The number of carbonyl (C=O) groups is 1. The summed E-state index contributed by atoms with van der Waals surface area (Å²) in [6, 6.07) is 0.749. The highest BCUT2D eigenvalue weighted by Crippen LogP contribution is 2.14. The van der Waals surface area contributed by atoms with E-state index in [-0.39, 0.29) is 13.2 Å². The van der Waals surface area contributed by atoms with Crippen molar-refractivity contribution in [3.8, 4) is 0 Å². The highest BCUT2D eigenvalue weighted by Gasteiger charge is 2.17. The minimum atomic E-state index is -1.36. The van der Waals surface area contributed by atoms with Crippen molar-refractivity contribution in [1.82, 2.24) is 0 Å². The first-order chi connectivity index (χ1) is 8.06. The summed E-state index contributed by atoms with van der Waals surface area (Å²) in [7, 11) is 0. The first-order valence-electron chi connectivity index (χ1n) is 4.98. The van der Waals surface area contributed by atoms with Crippen LogP contribution in [0.15, 0.2) is 12.1 Å². The van der Waals surface area contributed by atoms with Crippen LogP contribution in [-0.2, 0) is 4.74 Å². The average Bonchev–Trinajstić information content (AvgIpc) is 2.29. The molecule has 0 fully saturated rings. The van der Waals surface area contributed by atoms with Gasteiger partial charge in [0.05, 0.1) is 12.2 Å². The van der Waals surface area contributed by atoms with Crippen LogP contribution in [0, 0.1) is 17.5 Å². The number of hydrogen-bond donors (Lipinski definition) is 1. The Morgan fingerprint density at radius 2 is 1.76 bits per heavy atom. The van der Waals surface area contributed by atoms with Gasteiger partial charge >= 0.3 is 5.97 Å². The van der Waals surface area contributed by atoms with Gasteiger partial charge in [0.1, 0.15) is 5.82 Å². The summed E-state index contributed by atoms with van der Waals surface area (Å²) in [4.78, 5) is 11.3. The molecule has 94 valence electrons. The molecule has 0 aromatic heterocycles. The van der Waals surface area contributed by atoms with Crippen molar-refractivity contribution in [3.05, 3.63) is 35.1 Å². The van der Waals surface area contributed by atoms with E-state index in [2.05, 4.69) is 4.74 Å². The third kappa shape index (κ3) is 3.74. The first kappa shape index (κ1) is 13.5. The molecule has 0 aliphatic rings. The number of benzene rings is 1. The van der Waals surface area contributed by atoms with Gasteiger partial charge in [0, 0.05) is 12.7 Å². The minimum absolute atomic E-state index is 0.0160. The lowest BCUT2D eigenvalue weighted by Crippen LogP contribution is -2.10. The van der Waals surface area contributed by atoms with E-state index in [0.717, 1.165) is 0 Å². The van der Waals surface area contributed by atoms with Crippen LogP contribution in [-0.4, -0.2) is 24.3 Å². The number of carbonyl (C=O) groups excluding carboxylic acids is 1. The quantitative estimate of drug-likeness (QED) is 0.492. The Bertz CT molecular complexity index is 407. The Kier molecular flexibility index (Phi) is 4.96. The SMILES string of the molecule is O=C(OCCCCO)c1cc(F)c(F)cc1F. The van der Waals surface area contributed by atoms with Crippen LogP contribution in [0.4, 0.5) is 13.2 Å². The lowest BCUT2D eigenvalue weighted by Gasteiger charge is -2.05. The molecule has 0 amide bonds. The van der Waals surface area contributed by atoms with Crippen molar-refractivity contribution in [3.63, 3.8) is 0 Å². The molecule has 1 rings (SSSR count). The van der Waals surface area contributed by atoms with Crippen molar-refractivity contribution in [2.24, 2.45) is 0 Å². The summed E-state index contributed by atoms with van der Waals surface area (Å²) >= 11 is 0. The number of aliphatic hydroxyl groups is 1. The van der Waals surface area contributed by atoms with Gasteiger partial charge in [-0.05, 0) is 18.9 Å². The second-order valence-electron chi connectivity index (χ2n) is 3.31. The fourth-order valence-corrected chi connectivity index (χ4v) is 1.14. The average molecular weight is 248 g/mol. The molecule has 0 radical (unpaired) electrons. The Morgan fingerprint density at radius 1 is 1.12 bits per heavy atom. The number of rotatable bonds is 5. The molecule has 0 aliphatic heterocycles. The number of aliphatic hydroxyl groups excluding tert-OH is 1. The Morgan fingerprint density at radius 3 is 2.41 bits per heavy atom. The van der Waals surface area contributed by atoms with Gasteiger partial charge in [0.15, 0.2) is 11.6 Å². The van der Waals surface area contributed by atoms with Crippen LogP contribution in [0.2, 0.25) is 0 Å². The van der Waals surface area contributed by atoms with E-state index >= 15 is 0 Å². The van der Waals surface area contributed by atoms with Crippen LogP contribution < -0.4 is 0 Å². The normalized spacial score (nSPS) is 10.4. The lowest BCUT2D eigenvalue weighted by atomic mass is 10.2. The zero-order valence-electron chi connectivity index (χ0n) is 8.88. The molecular formula is C11H11F3O3. The number of ether oxygens (including phenoxy) is 1. The van der Waals surface area contributed by atoms with Crippen molar-refractivity contribution < 1.29 is 27.8 Å². The molecule has 1 N–H and O–H groups in total. The van der Waals surface area contributed by atoms with Gasteiger partial charge in [-0.15, -0.1) is 0 Å². The van der Waals surface area contributed by atoms with Gasteiger partial charge in [-0.25, -0.2) is 18.0 Å². The van der Waals surface area contributed by atoms with E-state index in [9.17, 15) is 18.0 Å². The Labute approximate surface area is 95.8 Å². The number of unbranched alkanes of at least 4 members (excludes halogenated alkanes) is 1. The summed E-state index contributed by atoms with van der Waals surface area (Å²) < 4.78 is 43.1. The topological polar surface area (TPSA) is 46.5 Å². The monoisotopic (exact) mass is 248 g/mol. The molecule has 0 aliphatic carbocycles. The molecule has 17 heavy (non-hydrogen) atoms. The van der Waals surface area contributed by atoms with E-state index in [0.29, 0.717) is 25.0 Å². The summed E-state index contributed by atoms with van der Waals surface area (Å²) in [5, 5.41) is 8.47. The molecule has 0 bridgehead atoms. The van der Waals surface area contributed by atoms with Crippen LogP contribution in [0.5, 0.6) is 0 Å². The zero-order valence-corrected chi connectivity index (χ0v) is 8.88. The maximum atomic E-state index is 13.1. The van der Waals surface area contributed by atoms with Gasteiger partial charge in [0.25, 0.3) is 0 Å². The highest BCUT2D eigenvalue weighted by atomic mass is 19.2. The molecule has 0 spiro atoms. The van der Waals surface area contributed by atoms with E-state index in [4.69, 9.17) is 5.11 Å². The zero-order chi connectivity index (χ0) is 12.8. The van der Waals surface area contributed by atoms with Gasteiger partial charge in [-0.2, -0.15) is 0 Å². The molecule has 6 heteroatoms. The molecule has 3 nitrogen and oxygen atoms in total. The van der Waals surface area contributed by atoms with Gasteiger partial charge in [-0.3, -0.25) is 0 Å². The molecule has 1 aromatic rings. The highest BCUT2D eigenvalue weighted by molar-refractivity contribution is 5.89. The third-order valence-corrected chi connectivity index (χ3v) is 2.02. The van der Waals surface area contributed by atoms with Gasteiger partial charge < -0.3 is 9.84 Å². The number of esters is 1. The minimum Gasteiger partial charge on any atom is -0.462 e. The Hall–Kier alpha value is -1.56. The predicted molar refractivity (Wildman–Crippen MR) is 52.9 cm³/mol. The summed E-state index contributed by atoms with van der Waals surface area (Å²) in [6.07, 6.45) is 0.848. The van der Waals surface area contributed by atoms with Crippen LogP contribution in [0.1, 0.15) is 23.2 Å². The van der Waals surface area contributed by atoms with Crippen molar-refractivity contribution in [2.45, 2.75) is 12.8 Å². The first-order valence-corrected chi connectivity index (χ1v) is 4.98. The predicted octanol–water partition coefficient (Wildman–Crippen LogP) is 2.03. The molecule has 0 saturated carbocycles. The maximum absolute atomic E-state index is 13.1. The summed E-state index contributed by atoms with van der Waals surface area (Å²) in [5.74, 6) is -4.90. The standard InChI is InChI=1S/C11H11F3O3/c12-8-6-10(14)9(13)5-7(8)11(16)17-4-2-1-3-15/h5-6,15H,1-4H2. The summed E-state index contributed by atoms with van der Waals surface area (Å²) in [6.45, 7) is -0.0606. The maximum Gasteiger partial charge on any atom is 0.341 e. The van der Waals surface area contributed by atoms with Gasteiger partial charge in [0.2, 0.25) is 0 Å². The van der Waals surface area contributed by atoms with E-state index in [1.807, 2.05) is 0 Å². The Balaban J connectivity index is 2.66. The molecule has 1 aromatic carbocycles. The number of hydrogen-bond acceptors (Lipinski definition) is 3. The second kappa shape index (κ2) is 6.24. The largest absolute Gasteiger partial charge is 0.462 e. The van der Waals surface area contributed by atoms with E-state index in [1.54, 1.807) is 0 Å². The van der Waals surface area contributed by atoms with Gasteiger partial charge in [-0.1, -0.05) is 0 Å². The van der Waals surface area contributed by atoms with E-state index < -0.39 is 29.0 Å². The fourth-order valence-electron chi connectivity index (χ4n) is 1.14. The molecular weight excluding hydrogens is 237 g/mol. The van der Waals surface area contributed by atoms with Crippen molar-refractivity contribution in [2.75, 3.05) is 13.2 Å². The smallest absolute Gasteiger partial charge is 0.341 e. The van der Waals surface area contributed by atoms with Crippen molar-refractivity contribution >= 4 is 5.97 Å². The second-order valence-corrected chi connectivity index (χ2v) is 3.31. The fraction of sp³-hybridized carbons (Fsp3) is 0.364. The summed E-state index contributed by atoms with van der Waals surface area (Å²) in [5.41, 5.74) is -0.645. The van der Waals surface area contributed by atoms with Crippen LogP contribution in [0.25, 0.3) is 0 Å². The lowest BCUT2D eigenvalue weighted by molar-refractivity contribution is 0.0486. The molecule has 0 atom stereocenters. The van der Waals surface area contributed by atoms with E-state index in [1.165, 1.54) is 0 Å². The van der Waals surface area contributed by atoms with Crippen LogP contribution >= 0.6 is 0 Å². The molecule has 0 unspecified atom stereocenters. The van der Waals surface area contributed by atoms with Crippen molar-refractivity contribution in [1.29, 1.82) is 0 Å². The third-order valence-electron chi connectivity index (χ3n) is 2.02.